The van der Waals surface area contributed by atoms with Crippen molar-refractivity contribution in [2.24, 2.45) is 0 Å². The molecule has 1 aromatic carbocycles. The van der Waals surface area contributed by atoms with Gasteiger partial charge in [0.2, 0.25) is 0 Å². The van der Waals surface area contributed by atoms with Gasteiger partial charge in [-0.1, -0.05) is 18.7 Å². The molecule has 0 aliphatic carbocycles. The van der Waals surface area contributed by atoms with Crippen LogP contribution in [0.15, 0.2) is 30.9 Å². The molecule has 0 saturated heterocycles. The fraction of sp³-hybridized carbons (Fsp3) is 0.0833. The molecule has 0 bridgehead atoms. The summed E-state index contributed by atoms with van der Waals surface area (Å²) in [6.07, 6.45) is 1.13. The summed E-state index contributed by atoms with van der Waals surface area (Å²) in [6.45, 7) is 3.37. The Bertz CT molecular complexity index is 531. The lowest BCUT2D eigenvalue weighted by Gasteiger charge is -2.04. The van der Waals surface area contributed by atoms with E-state index in [1.54, 1.807) is 12.1 Å². The van der Waals surface area contributed by atoms with Crippen molar-refractivity contribution >= 4 is 17.6 Å². The van der Waals surface area contributed by atoms with Gasteiger partial charge in [0, 0.05) is 12.6 Å². The number of fused-ring (bicyclic) bond motifs is 1. The zero-order valence-corrected chi connectivity index (χ0v) is 8.69. The van der Waals surface area contributed by atoms with Crippen molar-refractivity contribution < 1.29 is 14.4 Å². The van der Waals surface area contributed by atoms with Crippen LogP contribution in [0.2, 0.25) is 0 Å². The number of hydrogen-bond donors (Lipinski definition) is 0. The van der Waals surface area contributed by atoms with Gasteiger partial charge in [0.25, 0.3) is 11.8 Å². The molecule has 1 heterocycles. The Morgan fingerprint density at radius 2 is 2.00 bits per heavy atom. The molecule has 80 valence electrons. The van der Waals surface area contributed by atoms with Crippen LogP contribution < -0.4 is 0 Å². The normalized spacial score (nSPS) is 13.9. The number of allylic oxidation sites excluding steroid dienone is 1. The monoisotopic (exact) mass is 215 g/mol. The van der Waals surface area contributed by atoms with Gasteiger partial charge in [0.1, 0.15) is 0 Å². The van der Waals surface area contributed by atoms with Crippen molar-refractivity contribution in [1.29, 1.82) is 0 Å². The molecular weight excluding hydrogens is 206 g/mol. The Kier molecular flexibility index (Phi) is 2.20. The molecule has 16 heavy (non-hydrogen) atoms. The summed E-state index contributed by atoms with van der Waals surface area (Å²) < 4.78 is 0. The number of carbonyl (C=O) groups excluding carboxylic acids is 3. The van der Waals surface area contributed by atoms with E-state index in [-0.39, 0.29) is 28.4 Å². The van der Waals surface area contributed by atoms with E-state index in [1.807, 2.05) is 0 Å². The van der Waals surface area contributed by atoms with E-state index in [4.69, 9.17) is 0 Å². The minimum atomic E-state index is -0.439. The van der Waals surface area contributed by atoms with Crippen molar-refractivity contribution in [2.45, 2.75) is 0 Å². The van der Waals surface area contributed by atoms with E-state index in [1.165, 1.54) is 13.1 Å². The quantitative estimate of drug-likeness (QED) is 0.424. The molecule has 0 unspecified atom stereocenters. The molecule has 0 saturated carbocycles. The number of benzene rings is 1. The highest BCUT2D eigenvalue weighted by atomic mass is 16.2. The second kappa shape index (κ2) is 3.41. The van der Waals surface area contributed by atoms with Gasteiger partial charge in [-0.25, -0.2) is 0 Å². The predicted molar refractivity (Wildman–Crippen MR) is 57.4 cm³/mol. The molecule has 0 aromatic heterocycles. The lowest BCUT2D eigenvalue weighted by atomic mass is 10.00. The van der Waals surface area contributed by atoms with E-state index in [0.717, 1.165) is 11.0 Å². The summed E-state index contributed by atoms with van der Waals surface area (Å²) in [5.41, 5.74) is 0.690. The highest BCUT2D eigenvalue weighted by Gasteiger charge is 2.35. The summed E-state index contributed by atoms with van der Waals surface area (Å²) >= 11 is 0. The topological polar surface area (TPSA) is 54.5 Å². The van der Waals surface area contributed by atoms with Crippen LogP contribution in [0.5, 0.6) is 0 Å². The highest BCUT2D eigenvalue weighted by molar-refractivity contribution is 6.25. The van der Waals surface area contributed by atoms with Gasteiger partial charge in [-0.15, -0.1) is 0 Å². The summed E-state index contributed by atoms with van der Waals surface area (Å²) in [4.78, 5) is 35.9. The fourth-order valence-electron chi connectivity index (χ4n) is 1.72. The summed E-state index contributed by atoms with van der Waals surface area (Å²) in [5.74, 6) is -1.17. The summed E-state index contributed by atoms with van der Waals surface area (Å²) in [5, 5.41) is 0. The molecule has 1 aliphatic rings. The largest absolute Gasteiger partial charge is 0.289 e. The van der Waals surface area contributed by atoms with E-state index < -0.39 is 5.91 Å². The third kappa shape index (κ3) is 1.20. The SMILES string of the molecule is C=CC(=O)c1cccc2c1C(=O)N(C)C2=O. The molecule has 1 aromatic rings. The molecular formula is C12H9NO3. The highest BCUT2D eigenvalue weighted by Crippen LogP contribution is 2.25. The lowest BCUT2D eigenvalue weighted by Crippen LogP contribution is -2.24. The minimum Gasteiger partial charge on any atom is -0.289 e. The van der Waals surface area contributed by atoms with E-state index in [2.05, 4.69) is 6.58 Å². The van der Waals surface area contributed by atoms with Gasteiger partial charge >= 0.3 is 0 Å². The number of carbonyl (C=O) groups is 3. The van der Waals surface area contributed by atoms with Gasteiger partial charge in [0.15, 0.2) is 5.78 Å². The number of nitrogens with zero attached hydrogens (tertiary/aromatic N) is 1. The molecule has 4 nitrogen and oxygen atoms in total. The maximum Gasteiger partial charge on any atom is 0.262 e. The zero-order chi connectivity index (χ0) is 11.9. The van der Waals surface area contributed by atoms with Crippen LogP contribution in [0.3, 0.4) is 0 Å². The van der Waals surface area contributed by atoms with Gasteiger partial charge in [0.05, 0.1) is 11.1 Å². The Balaban J connectivity index is 2.71. The van der Waals surface area contributed by atoms with E-state index >= 15 is 0 Å². The fourth-order valence-corrected chi connectivity index (χ4v) is 1.72. The molecule has 0 spiro atoms. The van der Waals surface area contributed by atoms with Gasteiger partial charge in [-0.3, -0.25) is 19.3 Å². The number of hydrogen-bond acceptors (Lipinski definition) is 3. The van der Waals surface area contributed by atoms with Crippen molar-refractivity contribution in [2.75, 3.05) is 7.05 Å². The van der Waals surface area contributed by atoms with Crippen LogP contribution in [-0.2, 0) is 0 Å². The first-order chi connectivity index (χ1) is 7.57. The predicted octanol–water partition coefficient (Wildman–Crippen LogP) is 1.28. The van der Waals surface area contributed by atoms with Crippen molar-refractivity contribution in [1.82, 2.24) is 4.90 Å². The van der Waals surface area contributed by atoms with Crippen LogP contribution in [0, 0.1) is 0 Å². The second-order valence-electron chi connectivity index (χ2n) is 3.47. The average molecular weight is 215 g/mol. The molecule has 1 aliphatic heterocycles. The van der Waals surface area contributed by atoms with Crippen LogP contribution >= 0.6 is 0 Å². The third-order valence-electron chi connectivity index (χ3n) is 2.57. The first kappa shape index (κ1) is 10.3. The van der Waals surface area contributed by atoms with Gasteiger partial charge in [-0.2, -0.15) is 0 Å². The maximum atomic E-state index is 11.8. The Labute approximate surface area is 92.2 Å². The lowest BCUT2D eigenvalue weighted by molar-refractivity contribution is 0.0691. The van der Waals surface area contributed by atoms with E-state index in [0.29, 0.717) is 0 Å². The third-order valence-corrected chi connectivity index (χ3v) is 2.57. The number of amides is 2. The van der Waals surface area contributed by atoms with E-state index in [9.17, 15) is 14.4 Å². The van der Waals surface area contributed by atoms with Crippen molar-refractivity contribution in [3.8, 4) is 0 Å². The average Bonchev–Trinajstić information content (AvgIpc) is 2.54. The van der Waals surface area contributed by atoms with Crippen LogP contribution in [0.1, 0.15) is 31.1 Å². The summed E-state index contributed by atoms with van der Waals surface area (Å²) in [6, 6.07) is 4.64. The van der Waals surface area contributed by atoms with Crippen molar-refractivity contribution in [3.05, 3.63) is 47.5 Å². The van der Waals surface area contributed by atoms with Crippen LogP contribution in [-0.4, -0.2) is 29.5 Å². The molecule has 4 heteroatoms. The molecule has 0 atom stereocenters. The Morgan fingerprint density at radius 1 is 1.31 bits per heavy atom. The maximum absolute atomic E-state index is 11.8. The van der Waals surface area contributed by atoms with Gasteiger partial charge in [-0.05, 0) is 12.1 Å². The molecule has 2 rings (SSSR count). The first-order valence-electron chi connectivity index (χ1n) is 4.70. The second-order valence-corrected chi connectivity index (χ2v) is 3.47. The Morgan fingerprint density at radius 3 is 2.62 bits per heavy atom. The summed E-state index contributed by atoms with van der Waals surface area (Å²) in [7, 11) is 1.40. The molecule has 0 fully saturated rings. The number of imide groups is 1. The van der Waals surface area contributed by atoms with Gasteiger partial charge < -0.3 is 0 Å². The zero-order valence-electron chi connectivity index (χ0n) is 8.69. The Hall–Kier alpha value is -2.23. The minimum absolute atomic E-state index is 0.180. The molecule has 2 amide bonds. The van der Waals surface area contributed by atoms with Crippen LogP contribution in [0.25, 0.3) is 0 Å². The van der Waals surface area contributed by atoms with Crippen LogP contribution in [0.4, 0.5) is 0 Å². The number of rotatable bonds is 2. The first-order valence-corrected chi connectivity index (χ1v) is 4.70. The molecule has 0 radical (unpaired) electrons. The smallest absolute Gasteiger partial charge is 0.262 e. The molecule has 0 N–H and O–H groups in total. The van der Waals surface area contributed by atoms with Crippen molar-refractivity contribution in [3.63, 3.8) is 0 Å². The standard InChI is InChI=1S/C12H9NO3/c1-3-9(14)7-5-4-6-8-10(7)12(16)13(2)11(8)15/h3-6H,1H2,2H3. The number of ketones is 1.